The third-order valence-corrected chi connectivity index (χ3v) is 2.83. The van der Waals surface area contributed by atoms with Crippen molar-refractivity contribution in [2.75, 3.05) is 27.9 Å². The average molecular weight is 204 g/mol. The van der Waals surface area contributed by atoms with Crippen LogP contribution in [-0.4, -0.2) is 58.6 Å². The normalized spacial score (nSPS) is 46.9. The molecule has 5 nitrogen and oxygen atoms in total. The van der Waals surface area contributed by atoms with Gasteiger partial charge in [-0.25, -0.2) is 0 Å². The Morgan fingerprint density at radius 3 is 2.14 bits per heavy atom. The van der Waals surface area contributed by atoms with Gasteiger partial charge in [-0.2, -0.15) is 0 Å². The molecule has 2 heterocycles. The molecule has 0 aromatic heterocycles. The minimum atomic E-state index is -0.318. The summed E-state index contributed by atoms with van der Waals surface area (Å²) in [4.78, 5) is 0. The van der Waals surface area contributed by atoms with Crippen molar-refractivity contribution < 1.29 is 23.7 Å². The van der Waals surface area contributed by atoms with E-state index in [0.29, 0.717) is 6.61 Å². The molecule has 5 heteroatoms. The van der Waals surface area contributed by atoms with E-state index < -0.39 is 0 Å². The SMILES string of the molecule is CO[C@@H]1[C@@H](OC)[C@@H]2CO[C@@H](O2)[C@@H]1OC. The number of hydrogen-bond acceptors (Lipinski definition) is 5. The molecule has 2 fully saturated rings. The summed E-state index contributed by atoms with van der Waals surface area (Å²) < 4.78 is 27.0. The van der Waals surface area contributed by atoms with Crippen LogP contribution in [0.25, 0.3) is 0 Å². The third kappa shape index (κ3) is 1.45. The molecule has 0 N–H and O–H groups in total. The van der Waals surface area contributed by atoms with Gasteiger partial charge in [0.05, 0.1) is 6.61 Å². The number of hydrogen-bond donors (Lipinski definition) is 0. The van der Waals surface area contributed by atoms with Crippen molar-refractivity contribution in [2.45, 2.75) is 30.7 Å². The van der Waals surface area contributed by atoms with E-state index in [1.807, 2.05) is 0 Å². The van der Waals surface area contributed by atoms with E-state index in [-0.39, 0.29) is 30.7 Å². The molecule has 5 atom stereocenters. The number of ether oxygens (including phenoxy) is 5. The summed E-state index contributed by atoms with van der Waals surface area (Å²) in [6, 6.07) is 0. The molecule has 0 unspecified atom stereocenters. The lowest BCUT2D eigenvalue weighted by Gasteiger charge is -2.38. The summed E-state index contributed by atoms with van der Waals surface area (Å²) in [5, 5.41) is 0. The van der Waals surface area contributed by atoms with E-state index in [4.69, 9.17) is 23.7 Å². The Morgan fingerprint density at radius 1 is 0.929 bits per heavy atom. The van der Waals surface area contributed by atoms with Gasteiger partial charge in [-0.15, -0.1) is 0 Å². The van der Waals surface area contributed by atoms with E-state index in [1.165, 1.54) is 0 Å². The number of rotatable bonds is 3. The zero-order valence-electron chi connectivity index (χ0n) is 8.64. The van der Waals surface area contributed by atoms with Crippen LogP contribution < -0.4 is 0 Å². The van der Waals surface area contributed by atoms with Gasteiger partial charge in [0.2, 0.25) is 0 Å². The van der Waals surface area contributed by atoms with Gasteiger partial charge < -0.3 is 23.7 Å². The Labute approximate surface area is 83.2 Å². The molecular weight excluding hydrogens is 188 g/mol. The van der Waals surface area contributed by atoms with Crippen LogP contribution in [-0.2, 0) is 23.7 Å². The Kier molecular flexibility index (Phi) is 3.04. The molecule has 2 aliphatic heterocycles. The van der Waals surface area contributed by atoms with Crippen molar-refractivity contribution in [2.24, 2.45) is 0 Å². The quantitative estimate of drug-likeness (QED) is 0.636. The molecular formula is C9H16O5. The second-order valence-electron chi connectivity index (χ2n) is 3.48. The zero-order chi connectivity index (χ0) is 10.1. The van der Waals surface area contributed by atoms with Crippen LogP contribution in [0, 0.1) is 0 Å². The number of methoxy groups -OCH3 is 3. The van der Waals surface area contributed by atoms with Crippen molar-refractivity contribution >= 4 is 0 Å². The Bertz CT molecular complexity index is 180. The van der Waals surface area contributed by atoms with Crippen LogP contribution in [0.1, 0.15) is 0 Å². The summed E-state index contributed by atoms with van der Waals surface area (Å²) in [6.07, 6.45) is -0.827. The lowest BCUT2D eigenvalue weighted by molar-refractivity contribution is -0.246. The Balaban J connectivity index is 2.16. The third-order valence-electron chi connectivity index (χ3n) is 2.83. The van der Waals surface area contributed by atoms with E-state index in [0.717, 1.165) is 0 Å². The van der Waals surface area contributed by atoms with Crippen LogP contribution in [0.2, 0.25) is 0 Å². The molecule has 2 aliphatic rings. The molecule has 0 radical (unpaired) electrons. The first-order valence-corrected chi connectivity index (χ1v) is 4.67. The Hall–Kier alpha value is -0.200. The highest BCUT2D eigenvalue weighted by Gasteiger charge is 2.51. The van der Waals surface area contributed by atoms with E-state index in [1.54, 1.807) is 21.3 Å². The Morgan fingerprint density at radius 2 is 1.57 bits per heavy atom. The molecule has 0 aromatic rings. The minimum absolute atomic E-state index is 0.0404. The van der Waals surface area contributed by atoms with Crippen LogP contribution in [0.15, 0.2) is 0 Å². The molecule has 0 saturated carbocycles. The standard InChI is InChI=1S/C9H16O5/c1-10-6-5-4-13-9(14-5)8(12-3)7(6)11-2/h5-9H,4H2,1-3H3/t5-,6-,7+,8+,9-/m0/s1. The molecule has 82 valence electrons. The van der Waals surface area contributed by atoms with Crippen molar-refractivity contribution in [3.05, 3.63) is 0 Å². The maximum Gasteiger partial charge on any atom is 0.187 e. The molecule has 2 bridgehead atoms. The van der Waals surface area contributed by atoms with E-state index in [9.17, 15) is 0 Å². The van der Waals surface area contributed by atoms with Gasteiger partial charge >= 0.3 is 0 Å². The molecule has 0 spiro atoms. The van der Waals surface area contributed by atoms with Gasteiger partial charge in [-0.05, 0) is 0 Å². The second kappa shape index (κ2) is 4.12. The smallest absolute Gasteiger partial charge is 0.187 e. The molecule has 0 amide bonds. The maximum absolute atomic E-state index is 5.58. The molecule has 14 heavy (non-hydrogen) atoms. The average Bonchev–Trinajstić information content (AvgIpc) is 2.63. The predicted octanol–water partition coefficient (Wildman–Crippen LogP) is -0.214. The largest absolute Gasteiger partial charge is 0.376 e. The molecule has 2 rings (SSSR count). The maximum atomic E-state index is 5.58. The highest BCUT2D eigenvalue weighted by Crippen LogP contribution is 2.32. The zero-order valence-corrected chi connectivity index (χ0v) is 8.64. The minimum Gasteiger partial charge on any atom is -0.376 e. The van der Waals surface area contributed by atoms with Crippen LogP contribution in [0.5, 0.6) is 0 Å². The fraction of sp³-hybridized carbons (Fsp3) is 1.00. The first-order chi connectivity index (χ1) is 6.81. The monoisotopic (exact) mass is 204 g/mol. The fourth-order valence-corrected chi connectivity index (χ4v) is 2.14. The summed E-state index contributed by atoms with van der Waals surface area (Å²) in [5.74, 6) is 0. The number of fused-ring (bicyclic) bond motifs is 2. The van der Waals surface area contributed by atoms with Gasteiger partial charge in [0.25, 0.3) is 0 Å². The predicted molar refractivity (Wildman–Crippen MR) is 47.0 cm³/mol. The van der Waals surface area contributed by atoms with Gasteiger partial charge in [0.1, 0.15) is 24.4 Å². The highest BCUT2D eigenvalue weighted by molar-refractivity contribution is 4.95. The van der Waals surface area contributed by atoms with Crippen molar-refractivity contribution in [1.29, 1.82) is 0 Å². The molecule has 2 saturated heterocycles. The van der Waals surface area contributed by atoms with Gasteiger partial charge in [-0.3, -0.25) is 0 Å². The van der Waals surface area contributed by atoms with E-state index in [2.05, 4.69) is 0 Å². The second-order valence-corrected chi connectivity index (χ2v) is 3.48. The fourth-order valence-electron chi connectivity index (χ4n) is 2.14. The highest BCUT2D eigenvalue weighted by atomic mass is 16.8. The van der Waals surface area contributed by atoms with Crippen molar-refractivity contribution in [3.63, 3.8) is 0 Å². The summed E-state index contributed by atoms with van der Waals surface area (Å²) in [5.41, 5.74) is 0. The van der Waals surface area contributed by atoms with E-state index >= 15 is 0 Å². The van der Waals surface area contributed by atoms with Crippen LogP contribution in [0.3, 0.4) is 0 Å². The summed E-state index contributed by atoms with van der Waals surface area (Å²) in [6.45, 7) is 0.545. The molecule has 0 aliphatic carbocycles. The first-order valence-electron chi connectivity index (χ1n) is 4.67. The van der Waals surface area contributed by atoms with Gasteiger partial charge in [-0.1, -0.05) is 0 Å². The topological polar surface area (TPSA) is 46.2 Å². The van der Waals surface area contributed by atoms with Crippen molar-refractivity contribution in [3.8, 4) is 0 Å². The molecule has 0 aromatic carbocycles. The first kappa shape index (κ1) is 10.3. The van der Waals surface area contributed by atoms with Gasteiger partial charge in [0.15, 0.2) is 6.29 Å². The summed E-state index contributed by atoms with van der Waals surface area (Å²) in [7, 11) is 4.91. The van der Waals surface area contributed by atoms with Crippen LogP contribution in [0.4, 0.5) is 0 Å². The van der Waals surface area contributed by atoms with Crippen molar-refractivity contribution in [1.82, 2.24) is 0 Å². The lowest BCUT2D eigenvalue weighted by atomic mass is 10.0. The lowest BCUT2D eigenvalue weighted by Crippen LogP contribution is -2.56. The summed E-state index contributed by atoms with van der Waals surface area (Å²) >= 11 is 0. The van der Waals surface area contributed by atoms with Crippen LogP contribution >= 0.6 is 0 Å². The van der Waals surface area contributed by atoms with Gasteiger partial charge in [0, 0.05) is 21.3 Å².